The third kappa shape index (κ3) is 3.65. The Morgan fingerprint density at radius 3 is 2.76 bits per heavy atom. The van der Waals surface area contributed by atoms with Gasteiger partial charge in [-0.3, -0.25) is 16.0 Å². The number of hydrogen-bond acceptors (Lipinski definition) is 3. The van der Waals surface area contributed by atoms with Crippen LogP contribution in [0.1, 0.15) is 23.9 Å². The van der Waals surface area contributed by atoms with Crippen molar-refractivity contribution >= 4 is 0 Å². The third-order valence-corrected chi connectivity index (χ3v) is 3.47. The molecule has 2 aromatic rings. The Morgan fingerprint density at radius 2 is 2.10 bits per heavy atom. The molecule has 6 heteroatoms. The van der Waals surface area contributed by atoms with Crippen molar-refractivity contribution in [3.63, 3.8) is 0 Å². The molecule has 0 aliphatic carbocycles. The number of halogens is 2. The highest BCUT2D eigenvalue weighted by Gasteiger charge is 2.16. The summed E-state index contributed by atoms with van der Waals surface area (Å²) in [5, 5.41) is 4.37. The van der Waals surface area contributed by atoms with Crippen LogP contribution in [0, 0.1) is 18.6 Å². The summed E-state index contributed by atoms with van der Waals surface area (Å²) in [6.07, 6.45) is 0.912. The average molecular weight is 294 g/mol. The maximum atomic E-state index is 13.7. The molecule has 0 spiro atoms. The maximum absolute atomic E-state index is 13.7. The molecule has 1 aromatic carbocycles. The third-order valence-electron chi connectivity index (χ3n) is 3.47. The van der Waals surface area contributed by atoms with Crippen LogP contribution in [-0.2, 0) is 19.4 Å². The van der Waals surface area contributed by atoms with Crippen molar-refractivity contribution in [2.75, 3.05) is 0 Å². The van der Waals surface area contributed by atoms with E-state index in [-0.39, 0.29) is 6.04 Å². The molecule has 0 radical (unpaired) electrons. The summed E-state index contributed by atoms with van der Waals surface area (Å²) in [5.74, 6) is 3.92. The van der Waals surface area contributed by atoms with Crippen LogP contribution in [0.15, 0.2) is 24.3 Å². The van der Waals surface area contributed by atoms with E-state index in [1.165, 1.54) is 6.07 Å². The topological polar surface area (TPSA) is 55.9 Å². The first-order valence-corrected chi connectivity index (χ1v) is 6.97. The van der Waals surface area contributed by atoms with E-state index in [0.717, 1.165) is 24.0 Å². The molecule has 3 N–H and O–H groups in total. The Bertz CT molecular complexity index is 610. The van der Waals surface area contributed by atoms with E-state index in [1.54, 1.807) is 6.07 Å². The van der Waals surface area contributed by atoms with E-state index in [2.05, 4.69) is 10.5 Å². The fraction of sp³-hybridized carbons (Fsp3) is 0.400. The quantitative estimate of drug-likeness (QED) is 0.634. The SMILES string of the molecule is CCn1nc(C)cc1CC(Cc1cccc(F)c1F)NN. The highest BCUT2D eigenvalue weighted by molar-refractivity contribution is 5.21. The molecule has 0 aliphatic rings. The second kappa shape index (κ2) is 6.78. The summed E-state index contributed by atoms with van der Waals surface area (Å²) in [4.78, 5) is 0. The van der Waals surface area contributed by atoms with E-state index in [1.807, 2.05) is 24.6 Å². The number of nitrogens with two attached hydrogens (primary N) is 1. The van der Waals surface area contributed by atoms with Gasteiger partial charge in [0.05, 0.1) is 5.69 Å². The Hall–Kier alpha value is -1.79. The van der Waals surface area contributed by atoms with Gasteiger partial charge >= 0.3 is 0 Å². The van der Waals surface area contributed by atoms with Crippen LogP contribution >= 0.6 is 0 Å². The number of nitrogens with one attached hydrogen (secondary N) is 1. The second-order valence-corrected chi connectivity index (χ2v) is 5.08. The monoisotopic (exact) mass is 294 g/mol. The Morgan fingerprint density at radius 1 is 1.33 bits per heavy atom. The second-order valence-electron chi connectivity index (χ2n) is 5.08. The molecule has 1 atom stereocenters. The van der Waals surface area contributed by atoms with E-state index in [4.69, 9.17) is 5.84 Å². The van der Waals surface area contributed by atoms with Crippen LogP contribution in [0.2, 0.25) is 0 Å². The first kappa shape index (κ1) is 15.6. The smallest absolute Gasteiger partial charge is 0.162 e. The molecule has 1 unspecified atom stereocenters. The molecule has 1 aromatic heterocycles. The van der Waals surface area contributed by atoms with Gasteiger partial charge in [0.25, 0.3) is 0 Å². The highest BCUT2D eigenvalue weighted by Crippen LogP contribution is 2.15. The average Bonchev–Trinajstić information content (AvgIpc) is 2.82. The fourth-order valence-electron chi connectivity index (χ4n) is 2.45. The van der Waals surface area contributed by atoms with E-state index >= 15 is 0 Å². The zero-order valence-corrected chi connectivity index (χ0v) is 12.2. The van der Waals surface area contributed by atoms with Gasteiger partial charge in [-0.2, -0.15) is 5.10 Å². The minimum Gasteiger partial charge on any atom is -0.271 e. The molecular weight excluding hydrogens is 274 g/mol. The number of aryl methyl sites for hydroxylation is 2. The number of hydrazine groups is 1. The van der Waals surface area contributed by atoms with Crippen molar-refractivity contribution in [2.24, 2.45) is 5.84 Å². The van der Waals surface area contributed by atoms with Crippen LogP contribution in [0.5, 0.6) is 0 Å². The number of hydrogen-bond donors (Lipinski definition) is 2. The van der Waals surface area contributed by atoms with Crippen LogP contribution in [0.25, 0.3) is 0 Å². The zero-order valence-electron chi connectivity index (χ0n) is 12.2. The van der Waals surface area contributed by atoms with Gasteiger partial charge < -0.3 is 0 Å². The van der Waals surface area contributed by atoms with Crippen LogP contribution in [-0.4, -0.2) is 15.8 Å². The summed E-state index contributed by atoms with van der Waals surface area (Å²) >= 11 is 0. The van der Waals surface area contributed by atoms with E-state index < -0.39 is 11.6 Å². The van der Waals surface area contributed by atoms with E-state index in [9.17, 15) is 8.78 Å². The van der Waals surface area contributed by atoms with Crippen LogP contribution < -0.4 is 11.3 Å². The molecular formula is C15H20F2N4. The first-order valence-electron chi connectivity index (χ1n) is 6.97. The molecule has 0 saturated carbocycles. The summed E-state index contributed by atoms with van der Waals surface area (Å²) in [6.45, 7) is 4.69. The van der Waals surface area contributed by atoms with E-state index in [0.29, 0.717) is 18.4 Å². The van der Waals surface area contributed by atoms with Gasteiger partial charge in [0.15, 0.2) is 11.6 Å². The lowest BCUT2D eigenvalue weighted by Crippen LogP contribution is -2.39. The molecule has 0 aliphatic heterocycles. The lowest BCUT2D eigenvalue weighted by molar-refractivity contribution is 0.465. The maximum Gasteiger partial charge on any atom is 0.162 e. The Labute approximate surface area is 122 Å². The van der Waals surface area contributed by atoms with Gasteiger partial charge in [-0.15, -0.1) is 0 Å². The number of aromatic nitrogens is 2. The fourth-order valence-corrected chi connectivity index (χ4v) is 2.45. The molecule has 4 nitrogen and oxygen atoms in total. The molecule has 0 amide bonds. The lowest BCUT2D eigenvalue weighted by Gasteiger charge is -2.17. The number of nitrogens with zero attached hydrogens (tertiary/aromatic N) is 2. The molecule has 114 valence electrons. The van der Waals surface area contributed by atoms with Crippen molar-refractivity contribution < 1.29 is 8.78 Å². The number of benzene rings is 1. The Balaban J connectivity index is 2.15. The minimum atomic E-state index is -0.835. The summed E-state index contributed by atoms with van der Waals surface area (Å²) in [7, 11) is 0. The van der Waals surface area contributed by atoms with Crippen molar-refractivity contribution in [1.29, 1.82) is 0 Å². The van der Waals surface area contributed by atoms with Crippen LogP contribution in [0.4, 0.5) is 8.78 Å². The predicted octanol–water partition coefficient (Wildman–Crippen LogP) is 2.11. The largest absolute Gasteiger partial charge is 0.271 e. The minimum absolute atomic E-state index is 0.192. The first-order chi connectivity index (χ1) is 10.0. The number of rotatable bonds is 6. The molecule has 0 bridgehead atoms. The van der Waals surface area contributed by atoms with Crippen molar-refractivity contribution in [2.45, 2.75) is 39.3 Å². The molecule has 21 heavy (non-hydrogen) atoms. The van der Waals surface area contributed by atoms with Gasteiger partial charge in [0.1, 0.15) is 0 Å². The standard InChI is InChI=1S/C15H20F2N4/c1-3-21-13(7-10(2)20-21)9-12(19-18)8-11-5-4-6-14(16)15(11)17/h4-7,12,19H,3,8-9,18H2,1-2H3. The highest BCUT2D eigenvalue weighted by atomic mass is 19.2. The van der Waals surface area contributed by atoms with Gasteiger partial charge in [-0.25, -0.2) is 8.78 Å². The predicted molar refractivity (Wildman–Crippen MR) is 77.5 cm³/mol. The summed E-state index contributed by atoms with van der Waals surface area (Å²) in [6, 6.07) is 5.98. The summed E-state index contributed by atoms with van der Waals surface area (Å²) < 4.78 is 28.9. The zero-order chi connectivity index (χ0) is 15.4. The lowest BCUT2D eigenvalue weighted by atomic mass is 10.0. The van der Waals surface area contributed by atoms with Gasteiger partial charge in [0, 0.05) is 24.7 Å². The van der Waals surface area contributed by atoms with Crippen molar-refractivity contribution in [3.8, 4) is 0 Å². The van der Waals surface area contributed by atoms with Crippen molar-refractivity contribution in [3.05, 3.63) is 52.9 Å². The van der Waals surface area contributed by atoms with Gasteiger partial charge in [0.2, 0.25) is 0 Å². The van der Waals surface area contributed by atoms with Crippen LogP contribution in [0.3, 0.4) is 0 Å². The van der Waals surface area contributed by atoms with Gasteiger partial charge in [-0.1, -0.05) is 12.1 Å². The molecule has 0 fully saturated rings. The molecule has 2 rings (SSSR count). The van der Waals surface area contributed by atoms with Crippen molar-refractivity contribution in [1.82, 2.24) is 15.2 Å². The molecule has 1 heterocycles. The van der Waals surface area contributed by atoms with Gasteiger partial charge in [-0.05, 0) is 38.0 Å². The Kier molecular flexibility index (Phi) is 5.03. The summed E-state index contributed by atoms with van der Waals surface area (Å²) in [5.41, 5.74) is 4.95. The molecule has 0 saturated heterocycles. The normalized spacial score (nSPS) is 12.6.